The van der Waals surface area contributed by atoms with Gasteiger partial charge in [-0.3, -0.25) is 0 Å². The molecule has 0 aromatic heterocycles. The zero-order valence-corrected chi connectivity index (χ0v) is 6.05. The van der Waals surface area contributed by atoms with Crippen LogP contribution in [0.1, 0.15) is 0 Å². The standard InChI is InChI=1S/Ag.H2O.O.Sb.H/h;1H2;;;. The topological polar surface area (TPSA) is 48.6 Å². The minimum atomic E-state index is 0. The maximum atomic E-state index is 8.34. The molecule has 0 saturated heterocycles. The van der Waals surface area contributed by atoms with E-state index in [0.717, 1.165) is 0 Å². The Kier molecular flexibility index (Phi) is 126. The van der Waals surface area contributed by atoms with Gasteiger partial charge in [0.2, 0.25) is 0 Å². The molecule has 0 unspecified atom stereocenters. The fourth-order valence-electron chi connectivity index (χ4n) is 0. The van der Waals surface area contributed by atoms with Crippen LogP contribution in [0.3, 0.4) is 0 Å². The summed E-state index contributed by atoms with van der Waals surface area (Å²) < 4.78 is 8.34. The quantitative estimate of drug-likeness (QED) is 0.487. The van der Waals surface area contributed by atoms with Crippen LogP contribution in [0.15, 0.2) is 0 Å². The van der Waals surface area contributed by atoms with Crippen LogP contribution < -0.4 is 0 Å². The van der Waals surface area contributed by atoms with Crippen molar-refractivity contribution in [1.29, 1.82) is 0 Å². The Morgan fingerprint density at radius 2 is 1.25 bits per heavy atom. The SMILES string of the molecule is O.[Ag].[O]=[SbH]. The van der Waals surface area contributed by atoms with Crippen LogP contribution in [0.5, 0.6) is 0 Å². The Bertz CT molecular complexity index is 6.00. The molecular weight excluding hydrogens is 262 g/mol. The Labute approximate surface area is 53.7 Å². The van der Waals surface area contributed by atoms with E-state index in [1.807, 2.05) is 0 Å². The van der Waals surface area contributed by atoms with Crippen molar-refractivity contribution in [3.05, 3.63) is 0 Å². The third kappa shape index (κ3) is 10.3. The van der Waals surface area contributed by atoms with E-state index in [2.05, 4.69) is 0 Å². The van der Waals surface area contributed by atoms with Crippen molar-refractivity contribution in [2.45, 2.75) is 0 Å². The molecule has 0 amide bonds. The number of hydrogen-bond acceptors (Lipinski definition) is 1. The average molecular weight is 265 g/mol. The molecule has 0 spiro atoms. The second kappa shape index (κ2) is 27.4. The van der Waals surface area contributed by atoms with Crippen LogP contribution in [-0.2, 0) is 25.4 Å². The van der Waals surface area contributed by atoms with Gasteiger partial charge in [-0.25, -0.2) is 0 Å². The second-order valence-electron chi connectivity index (χ2n) is 0. The van der Waals surface area contributed by atoms with Crippen LogP contribution in [0.4, 0.5) is 0 Å². The fraction of sp³-hybridized carbons (Fsp3) is 0. The van der Waals surface area contributed by atoms with Crippen LogP contribution >= 0.6 is 0 Å². The van der Waals surface area contributed by atoms with E-state index < -0.39 is 0 Å². The average Bonchev–Trinajstić information content (AvgIpc) is 1.00. The summed E-state index contributed by atoms with van der Waals surface area (Å²) in [5.41, 5.74) is 0. The van der Waals surface area contributed by atoms with Gasteiger partial charge in [0, 0.05) is 22.4 Å². The summed E-state index contributed by atoms with van der Waals surface area (Å²) in [5, 5.41) is 0. The molecule has 0 aromatic rings. The Hall–Kier alpha value is 1.32. The molecule has 0 saturated carbocycles. The van der Waals surface area contributed by atoms with Crippen molar-refractivity contribution in [2.24, 2.45) is 0 Å². The fourth-order valence-corrected chi connectivity index (χ4v) is 0. The Morgan fingerprint density at radius 1 is 1.25 bits per heavy atom. The first-order valence-electron chi connectivity index (χ1n) is 0.204. The van der Waals surface area contributed by atoms with Gasteiger partial charge in [-0.05, 0) is 0 Å². The van der Waals surface area contributed by atoms with E-state index in [4.69, 9.17) is 3.02 Å². The molecule has 0 heterocycles. The van der Waals surface area contributed by atoms with E-state index in [-0.39, 0.29) is 27.9 Å². The normalized spacial score (nSPS) is 1.00. The molecular formula is H3AgO2Sb. The van der Waals surface area contributed by atoms with E-state index in [9.17, 15) is 0 Å². The van der Waals surface area contributed by atoms with Crippen molar-refractivity contribution in [3.8, 4) is 0 Å². The Morgan fingerprint density at radius 3 is 1.25 bits per heavy atom. The molecule has 2 N–H and O–H groups in total. The molecule has 0 aromatic carbocycles. The van der Waals surface area contributed by atoms with Crippen molar-refractivity contribution >= 4 is 23.0 Å². The first-order valence-corrected chi connectivity index (χ1v) is 1.37. The van der Waals surface area contributed by atoms with Crippen molar-refractivity contribution < 1.29 is 30.9 Å². The molecule has 1 radical (unpaired) electrons. The third-order valence-electron chi connectivity index (χ3n) is 0. The summed E-state index contributed by atoms with van der Waals surface area (Å²) in [6, 6.07) is 0. The van der Waals surface area contributed by atoms with Gasteiger partial charge in [0.25, 0.3) is 0 Å². The summed E-state index contributed by atoms with van der Waals surface area (Å²) in [4.78, 5) is 0. The molecule has 4 heavy (non-hydrogen) atoms. The molecule has 0 bridgehead atoms. The van der Waals surface area contributed by atoms with E-state index >= 15 is 0 Å². The minimum absolute atomic E-state index is 0. The molecule has 0 fully saturated rings. The van der Waals surface area contributed by atoms with Gasteiger partial charge in [0.15, 0.2) is 0 Å². The molecule has 0 aliphatic heterocycles. The van der Waals surface area contributed by atoms with Crippen LogP contribution in [0.2, 0.25) is 0 Å². The molecule has 2 nitrogen and oxygen atoms in total. The van der Waals surface area contributed by atoms with Crippen LogP contribution in [-0.4, -0.2) is 28.5 Å². The first-order chi connectivity index (χ1) is 1.00. The Balaban J connectivity index is -0.00000000500. The summed E-state index contributed by atoms with van der Waals surface area (Å²) in [6.45, 7) is 0. The van der Waals surface area contributed by atoms with Crippen LogP contribution in [0, 0.1) is 0 Å². The van der Waals surface area contributed by atoms with E-state index in [0.29, 0.717) is 23.0 Å². The molecule has 0 atom stereocenters. The zero-order chi connectivity index (χ0) is 2.00. The van der Waals surface area contributed by atoms with Gasteiger partial charge in [-0.2, -0.15) is 0 Å². The summed E-state index contributed by atoms with van der Waals surface area (Å²) >= 11 is 0.300. The predicted molar refractivity (Wildman–Crippen MR) is 11.4 cm³/mol. The van der Waals surface area contributed by atoms with Gasteiger partial charge in [-0.1, -0.05) is 0 Å². The number of hydrogen-bond donors (Lipinski definition) is 0. The van der Waals surface area contributed by atoms with Crippen molar-refractivity contribution in [3.63, 3.8) is 0 Å². The van der Waals surface area contributed by atoms with Gasteiger partial charge in [0.1, 0.15) is 0 Å². The van der Waals surface area contributed by atoms with E-state index in [1.54, 1.807) is 0 Å². The first kappa shape index (κ1) is 18.5. The predicted octanol–water partition coefficient (Wildman–Crippen LogP) is -1.59. The second-order valence-corrected chi connectivity index (χ2v) is 0. The van der Waals surface area contributed by atoms with E-state index in [1.165, 1.54) is 0 Å². The molecule has 4 heteroatoms. The maximum absolute atomic E-state index is 8.34. The van der Waals surface area contributed by atoms with Gasteiger partial charge in [-0.15, -0.1) is 0 Å². The van der Waals surface area contributed by atoms with Gasteiger partial charge >= 0.3 is 26.0 Å². The third-order valence-corrected chi connectivity index (χ3v) is 0. The van der Waals surface area contributed by atoms with Crippen molar-refractivity contribution in [1.82, 2.24) is 0 Å². The van der Waals surface area contributed by atoms with Crippen LogP contribution in [0.25, 0.3) is 0 Å². The summed E-state index contributed by atoms with van der Waals surface area (Å²) in [5.74, 6) is 0. The zero-order valence-electron chi connectivity index (χ0n) is 1.71. The summed E-state index contributed by atoms with van der Waals surface area (Å²) in [7, 11) is 0. The molecule has 0 aliphatic rings. The molecule has 0 aliphatic carbocycles. The number of rotatable bonds is 0. The molecule has 31 valence electrons. The van der Waals surface area contributed by atoms with Gasteiger partial charge in [0.05, 0.1) is 0 Å². The molecule has 0 rings (SSSR count). The van der Waals surface area contributed by atoms with Crippen molar-refractivity contribution in [2.75, 3.05) is 0 Å². The monoisotopic (exact) mass is 263 g/mol. The van der Waals surface area contributed by atoms with Gasteiger partial charge < -0.3 is 5.48 Å². The summed E-state index contributed by atoms with van der Waals surface area (Å²) in [6.07, 6.45) is 0.